The van der Waals surface area contributed by atoms with E-state index < -0.39 is 37.7 Å². The van der Waals surface area contributed by atoms with Gasteiger partial charge in [-0.25, -0.2) is 0 Å². The molecule has 0 saturated carbocycles. The van der Waals surface area contributed by atoms with E-state index in [1.165, 1.54) is 0 Å². The van der Waals surface area contributed by atoms with Crippen LogP contribution in [0.15, 0.2) is 30.3 Å². The predicted molar refractivity (Wildman–Crippen MR) is 49.2 cm³/mol. The first kappa shape index (κ1) is 14.2. The molecule has 0 nitrogen and oxygen atoms in total. The third kappa shape index (κ3) is 4.50. The first-order valence-corrected chi connectivity index (χ1v) is 7.02. The first-order valence-electron chi connectivity index (χ1n) is 4.42. The SMILES string of the molecule is FC(F)(F)C(F)(F)C[I+]C#Cc1ccccc1. The maximum Gasteiger partial charge on any atom is 0.457 e. The van der Waals surface area contributed by atoms with E-state index in [1.807, 2.05) is 0 Å². The molecule has 0 radical (unpaired) electrons. The zero-order valence-electron chi connectivity index (χ0n) is 8.36. The second-order valence-corrected chi connectivity index (χ2v) is 5.12. The molecule has 0 aromatic heterocycles. The molecule has 1 aromatic carbocycles. The Morgan fingerprint density at radius 2 is 1.59 bits per heavy atom. The van der Waals surface area contributed by atoms with Gasteiger partial charge in [-0.05, 0) is 18.1 Å². The van der Waals surface area contributed by atoms with Gasteiger partial charge in [-0.1, -0.05) is 18.2 Å². The van der Waals surface area contributed by atoms with Crippen molar-refractivity contribution in [2.45, 2.75) is 12.1 Å². The van der Waals surface area contributed by atoms with Crippen LogP contribution in [-0.4, -0.2) is 16.5 Å². The van der Waals surface area contributed by atoms with Gasteiger partial charge in [0.1, 0.15) is 0 Å². The molecular formula is C11H7F5I+. The zero-order chi connectivity index (χ0) is 12.9. The first-order chi connectivity index (χ1) is 7.83. The lowest BCUT2D eigenvalue weighted by atomic mass is 10.2. The summed E-state index contributed by atoms with van der Waals surface area (Å²) >= 11 is -1.49. The van der Waals surface area contributed by atoms with Crippen molar-refractivity contribution < 1.29 is 43.2 Å². The van der Waals surface area contributed by atoms with E-state index in [4.69, 9.17) is 0 Å². The molecule has 17 heavy (non-hydrogen) atoms. The van der Waals surface area contributed by atoms with Gasteiger partial charge in [0, 0.05) is 5.56 Å². The van der Waals surface area contributed by atoms with Crippen molar-refractivity contribution in [1.29, 1.82) is 0 Å². The molecule has 0 amide bonds. The lowest BCUT2D eigenvalue weighted by molar-refractivity contribution is -0.598. The van der Waals surface area contributed by atoms with Crippen LogP contribution in [0.2, 0.25) is 0 Å². The summed E-state index contributed by atoms with van der Waals surface area (Å²) in [5.74, 6) is -2.05. The molecule has 0 heterocycles. The third-order valence-electron chi connectivity index (χ3n) is 1.68. The van der Waals surface area contributed by atoms with Crippen LogP contribution in [-0.2, 0) is 0 Å². The van der Waals surface area contributed by atoms with E-state index in [2.05, 4.69) is 9.85 Å². The molecule has 0 aliphatic carbocycles. The van der Waals surface area contributed by atoms with Gasteiger partial charge in [0.15, 0.2) is 3.93 Å². The van der Waals surface area contributed by atoms with Crippen molar-refractivity contribution in [3.63, 3.8) is 0 Å². The fourth-order valence-corrected chi connectivity index (χ4v) is 2.41. The van der Waals surface area contributed by atoms with Crippen LogP contribution in [0, 0.1) is 9.85 Å². The molecule has 1 rings (SSSR count). The average Bonchev–Trinajstić information content (AvgIpc) is 2.24. The maximum absolute atomic E-state index is 12.5. The summed E-state index contributed by atoms with van der Waals surface area (Å²) in [5.41, 5.74) is 0.613. The minimum Gasteiger partial charge on any atom is -0.191 e. The number of rotatable bonds is 2. The summed E-state index contributed by atoms with van der Waals surface area (Å²) in [5, 5.41) is 0. The maximum atomic E-state index is 12.5. The largest absolute Gasteiger partial charge is 0.457 e. The van der Waals surface area contributed by atoms with Crippen LogP contribution < -0.4 is 21.2 Å². The van der Waals surface area contributed by atoms with Crippen LogP contribution in [0.3, 0.4) is 0 Å². The monoisotopic (exact) mass is 361 g/mol. The highest BCUT2D eigenvalue weighted by atomic mass is 127. The fraction of sp³-hybridized carbons (Fsp3) is 0.273. The second-order valence-electron chi connectivity index (χ2n) is 3.05. The normalized spacial score (nSPS) is 11.8. The number of hydrogen-bond donors (Lipinski definition) is 0. The molecule has 6 heteroatoms. The fourth-order valence-electron chi connectivity index (χ4n) is 0.803. The van der Waals surface area contributed by atoms with E-state index in [9.17, 15) is 22.0 Å². The summed E-state index contributed by atoms with van der Waals surface area (Å²) in [6, 6.07) is 8.52. The van der Waals surface area contributed by atoms with Gasteiger partial charge < -0.3 is 0 Å². The lowest BCUT2D eigenvalue weighted by Crippen LogP contribution is -3.61. The highest BCUT2D eigenvalue weighted by Crippen LogP contribution is 2.33. The molecule has 0 unspecified atom stereocenters. The van der Waals surface area contributed by atoms with Crippen molar-refractivity contribution >= 4 is 0 Å². The smallest absolute Gasteiger partial charge is 0.191 e. The molecular weight excluding hydrogens is 354 g/mol. The Morgan fingerprint density at radius 3 is 2.12 bits per heavy atom. The van der Waals surface area contributed by atoms with Gasteiger partial charge in [-0.3, -0.25) is 0 Å². The van der Waals surface area contributed by atoms with Crippen LogP contribution in [0.25, 0.3) is 0 Å². The van der Waals surface area contributed by atoms with Gasteiger partial charge in [-0.2, -0.15) is 22.0 Å². The molecule has 0 fully saturated rings. The Kier molecular flexibility index (Phi) is 4.74. The Bertz CT molecular complexity index is 413. The highest BCUT2D eigenvalue weighted by molar-refractivity contribution is 5.31. The molecule has 0 saturated heterocycles. The summed E-state index contributed by atoms with van der Waals surface area (Å²) in [6.45, 7) is 0. The predicted octanol–water partition coefficient (Wildman–Crippen LogP) is 0.282. The molecule has 0 aliphatic rings. The van der Waals surface area contributed by atoms with Crippen LogP contribution >= 0.6 is 0 Å². The van der Waals surface area contributed by atoms with Crippen molar-refractivity contribution in [3.8, 4) is 9.85 Å². The molecule has 0 spiro atoms. The van der Waals surface area contributed by atoms with Gasteiger partial charge in [0.2, 0.25) is 4.43 Å². The summed E-state index contributed by atoms with van der Waals surface area (Å²) < 4.78 is 61.6. The lowest BCUT2D eigenvalue weighted by Gasteiger charge is -2.13. The Morgan fingerprint density at radius 1 is 1.00 bits per heavy atom. The van der Waals surface area contributed by atoms with E-state index in [0.29, 0.717) is 5.56 Å². The average molecular weight is 361 g/mol. The number of alkyl halides is 6. The summed E-state index contributed by atoms with van der Waals surface area (Å²) in [6.07, 6.45) is -5.47. The van der Waals surface area contributed by atoms with Gasteiger partial charge in [0.25, 0.3) is 0 Å². The number of halogens is 6. The number of hydrogen-bond acceptors (Lipinski definition) is 0. The number of benzene rings is 1. The summed E-state index contributed by atoms with van der Waals surface area (Å²) in [4.78, 5) is 0. The van der Waals surface area contributed by atoms with E-state index in [0.717, 1.165) is 0 Å². The van der Waals surface area contributed by atoms with Gasteiger partial charge >= 0.3 is 33.3 Å². The standard InChI is InChI=1S/C11H7F5I/c12-10(13,11(14,15)16)8-17-7-6-9-4-2-1-3-5-9/h1-5H,8H2/q+1. The Labute approximate surface area is 105 Å². The zero-order valence-corrected chi connectivity index (χ0v) is 10.5. The molecule has 0 bridgehead atoms. The molecule has 92 valence electrons. The third-order valence-corrected chi connectivity index (χ3v) is 3.67. The Hall–Kier alpha value is -0.840. The minimum atomic E-state index is -5.47. The molecule has 0 atom stereocenters. The topological polar surface area (TPSA) is 0 Å². The van der Waals surface area contributed by atoms with Crippen LogP contribution in [0.5, 0.6) is 0 Å². The second kappa shape index (κ2) is 5.67. The van der Waals surface area contributed by atoms with Crippen LogP contribution in [0.1, 0.15) is 5.56 Å². The van der Waals surface area contributed by atoms with E-state index in [-0.39, 0.29) is 0 Å². The van der Waals surface area contributed by atoms with E-state index >= 15 is 0 Å². The Balaban J connectivity index is 2.52. The van der Waals surface area contributed by atoms with Crippen LogP contribution in [0.4, 0.5) is 22.0 Å². The quantitative estimate of drug-likeness (QED) is 0.307. The minimum absolute atomic E-state index is 0.613. The van der Waals surface area contributed by atoms with E-state index in [1.54, 1.807) is 30.3 Å². The van der Waals surface area contributed by atoms with Gasteiger partial charge in [0.05, 0.1) is 0 Å². The van der Waals surface area contributed by atoms with Crippen molar-refractivity contribution in [3.05, 3.63) is 35.9 Å². The molecule has 1 aromatic rings. The molecule has 0 N–H and O–H groups in total. The van der Waals surface area contributed by atoms with Crippen molar-refractivity contribution in [2.75, 3.05) is 4.43 Å². The van der Waals surface area contributed by atoms with Gasteiger partial charge in [-0.15, -0.1) is 0 Å². The molecule has 0 aliphatic heterocycles. The summed E-state index contributed by atoms with van der Waals surface area (Å²) in [7, 11) is 0. The van der Waals surface area contributed by atoms with Crippen molar-refractivity contribution in [2.24, 2.45) is 0 Å². The highest BCUT2D eigenvalue weighted by Gasteiger charge is 2.60. The van der Waals surface area contributed by atoms with Crippen molar-refractivity contribution in [1.82, 2.24) is 0 Å².